The molecule has 2 heterocycles. The third-order valence-electron chi connectivity index (χ3n) is 5.39. The Hall–Kier alpha value is -2.42. The van der Waals surface area contributed by atoms with Gasteiger partial charge in [-0.2, -0.15) is 0 Å². The van der Waals surface area contributed by atoms with E-state index < -0.39 is 30.7 Å². The van der Waals surface area contributed by atoms with E-state index in [1.54, 1.807) is 30.6 Å². The van der Waals surface area contributed by atoms with E-state index in [0.29, 0.717) is 17.6 Å². The maximum Gasteiger partial charge on any atom is 0.250 e. The topological polar surface area (TPSA) is 70.3 Å². The van der Waals surface area contributed by atoms with E-state index in [9.17, 15) is 23.4 Å². The summed E-state index contributed by atoms with van der Waals surface area (Å²) >= 11 is 0. The number of rotatable bonds is 5. The minimum atomic E-state index is -2.88. The Labute approximate surface area is 165 Å². The quantitative estimate of drug-likeness (QED) is 0.570. The van der Waals surface area contributed by atoms with Crippen molar-refractivity contribution in [2.75, 3.05) is 0 Å². The third kappa shape index (κ3) is 4.29. The van der Waals surface area contributed by atoms with Gasteiger partial charge in [-0.05, 0) is 36.2 Å². The van der Waals surface area contributed by atoms with Crippen LogP contribution in [-0.4, -0.2) is 37.8 Å². The van der Waals surface area contributed by atoms with Crippen LogP contribution in [0.2, 0.25) is 0 Å². The lowest BCUT2D eigenvalue weighted by atomic mass is 9.89. The number of hydrogen-bond donors (Lipinski definition) is 3. The van der Waals surface area contributed by atoms with Gasteiger partial charge in [-0.15, -0.1) is 0 Å². The van der Waals surface area contributed by atoms with Crippen molar-refractivity contribution in [2.24, 2.45) is 0 Å². The molecule has 1 saturated carbocycles. The fourth-order valence-corrected chi connectivity index (χ4v) is 3.86. The summed E-state index contributed by atoms with van der Waals surface area (Å²) in [5.41, 5.74) is 2.73. The zero-order valence-corrected chi connectivity index (χ0v) is 15.6. The number of alkyl halides is 2. The zero-order chi connectivity index (χ0) is 20.6. The number of nitrogens with one attached hydrogen (secondary N) is 1. The largest absolute Gasteiger partial charge is 0.391 e. The highest BCUT2D eigenvalue weighted by molar-refractivity contribution is 5.80. The molecule has 0 amide bonds. The highest BCUT2D eigenvalue weighted by Crippen LogP contribution is 2.34. The number of aliphatic hydroxyl groups excluding tert-OH is 2. The van der Waals surface area contributed by atoms with Crippen molar-refractivity contribution < 1.29 is 23.4 Å². The van der Waals surface area contributed by atoms with Gasteiger partial charge in [-0.25, -0.2) is 13.2 Å². The molecule has 3 atom stereocenters. The maximum absolute atomic E-state index is 13.4. The molecule has 5 nitrogen and oxygen atoms in total. The predicted octanol–water partition coefficient (Wildman–Crippen LogP) is 3.35. The van der Waals surface area contributed by atoms with Gasteiger partial charge in [0, 0.05) is 43.4 Å². The Morgan fingerprint density at radius 2 is 2.00 bits per heavy atom. The van der Waals surface area contributed by atoms with Crippen LogP contribution in [-0.2, 0) is 6.54 Å². The van der Waals surface area contributed by atoms with Crippen LogP contribution in [0, 0.1) is 5.82 Å². The molecule has 0 saturated heterocycles. The van der Waals surface area contributed by atoms with Gasteiger partial charge >= 0.3 is 0 Å². The second-order valence-electron chi connectivity index (χ2n) is 7.55. The summed E-state index contributed by atoms with van der Waals surface area (Å²) in [4.78, 5) is 4.35. The van der Waals surface area contributed by atoms with Gasteiger partial charge in [-0.1, -0.05) is 12.1 Å². The number of benzene rings is 1. The molecule has 1 aliphatic rings. The molecule has 29 heavy (non-hydrogen) atoms. The van der Waals surface area contributed by atoms with Gasteiger partial charge in [0.25, 0.3) is 5.92 Å². The van der Waals surface area contributed by atoms with Crippen molar-refractivity contribution >= 4 is 11.0 Å². The summed E-state index contributed by atoms with van der Waals surface area (Å²) in [6, 6.07) is 9.14. The lowest BCUT2D eigenvalue weighted by molar-refractivity contribution is -0.0937. The minimum absolute atomic E-state index is 0.0624. The van der Waals surface area contributed by atoms with E-state index in [-0.39, 0.29) is 18.7 Å². The normalized spacial score (nSPS) is 22.7. The van der Waals surface area contributed by atoms with Crippen LogP contribution in [0.15, 0.2) is 48.8 Å². The van der Waals surface area contributed by atoms with Gasteiger partial charge in [0.1, 0.15) is 12.0 Å². The first kappa shape index (κ1) is 19.9. The molecular weight excluding hydrogens is 383 g/mol. The van der Waals surface area contributed by atoms with Crippen molar-refractivity contribution in [1.29, 1.82) is 0 Å². The fourth-order valence-electron chi connectivity index (χ4n) is 3.86. The lowest BCUT2D eigenvalue weighted by Crippen LogP contribution is -2.48. The SMILES string of the molecule is OC(NC1CCC(F)(F)C[C@H]1O)c1cn(Cc2ccc(F)cc2)c2cccnc12. The Bertz CT molecular complexity index is 991. The molecule has 1 aromatic carbocycles. The first-order chi connectivity index (χ1) is 13.8. The number of pyridine rings is 1. The van der Waals surface area contributed by atoms with Crippen LogP contribution in [0.1, 0.15) is 36.6 Å². The number of hydrogen-bond acceptors (Lipinski definition) is 4. The standard InChI is InChI=1S/C21H22F3N3O2/c22-14-5-3-13(4-6-14)11-27-12-15(19-17(27)2-1-9-25-19)20(29)26-16-7-8-21(23,24)10-18(16)28/h1-6,9,12,16,18,20,26,28-29H,7-8,10-11H2/t16?,18-,20?/m1/s1. The van der Waals surface area contributed by atoms with Crippen molar-refractivity contribution in [3.8, 4) is 0 Å². The van der Waals surface area contributed by atoms with E-state index >= 15 is 0 Å². The number of aromatic nitrogens is 2. The maximum atomic E-state index is 13.4. The van der Waals surface area contributed by atoms with Crippen molar-refractivity contribution in [1.82, 2.24) is 14.9 Å². The predicted molar refractivity (Wildman–Crippen MR) is 102 cm³/mol. The summed E-state index contributed by atoms with van der Waals surface area (Å²) in [5, 5.41) is 23.6. The number of fused-ring (bicyclic) bond motifs is 1. The van der Waals surface area contributed by atoms with E-state index in [1.165, 1.54) is 12.1 Å². The van der Waals surface area contributed by atoms with Gasteiger partial charge in [-0.3, -0.25) is 10.3 Å². The lowest BCUT2D eigenvalue weighted by Gasteiger charge is -2.34. The van der Waals surface area contributed by atoms with Gasteiger partial charge in [0.2, 0.25) is 0 Å². The summed E-state index contributed by atoms with van der Waals surface area (Å²) < 4.78 is 41.9. The van der Waals surface area contributed by atoms with Crippen molar-refractivity contribution in [2.45, 2.75) is 50.1 Å². The molecule has 0 spiro atoms. The minimum Gasteiger partial charge on any atom is -0.391 e. The molecular formula is C21H22F3N3O2. The Morgan fingerprint density at radius 1 is 1.24 bits per heavy atom. The summed E-state index contributed by atoms with van der Waals surface area (Å²) in [7, 11) is 0. The molecule has 3 N–H and O–H groups in total. The summed E-state index contributed by atoms with van der Waals surface area (Å²) in [6.07, 6.45) is 0.0369. The number of halogens is 3. The zero-order valence-electron chi connectivity index (χ0n) is 15.6. The van der Waals surface area contributed by atoms with Crippen LogP contribution in [0.4, 0.5) is 13.2 Å². The van der Waals surface area contributed by atoms with Crippen LogP contribution >= 0.6 is 0 Å². The molecule has 3 aromatic rings. The second-order valence-corrected chi connectivity index (χ2v) is 7.55. The molecule has 1 aliphatic carbocycles. The highest BCUT2D eigenvalue weighted by Gasteiger charge is 2.41. The van der Waals surface area contributed by atoms with Crippen LogP contribution < -0.4 is 5.32 Å². The molecule has 1 fully saturated rings. The van der Waals surface area contributed by atoms with Crippen LogP contribution in [0.25, 0.3) is 11.0 Å². The van der Waals surface area contributed by atoms with E-state index in [2.05, 4.69) is 10.3 Å². The molecule has 0 aliphatic heterocycles. The number of nitrogens with zero attached hydrogens (tertiary/aromatic N) is 2. The molecule has 8 heteroatoms. The molecule has 2 unspecified atom stereocenters. The first-order valence-electron chi connectivity index (χ1n) is 9.51. The van der Waals surface area contributed by atoms with E-state index in [1.807, 2.05) is 10.6 Å². The monoisotopic (exact) mass is 405 g/mol. The van der Waals surface area contributed by atoms with Crippen molar-refractivity contribution in [3.63, 3.8) is 0 Å². The molecule has 154 valence electrons. The summed E-state index contributed by atoms with van der Waals surface area (Å²) in [6.45, 7) is 0.452. The van der Waals surface area contributed by atoms with E-state index in [0.717, 1.165) is 11.1 Å². The average molecular weight is 405 g/mol. The first-order valence-corrected chi connectivity index (χ1v) is 9.51. The third-order valence-corrected chi connectivity index (χ3v) is 5.39. The van der Waals surface area contributed by atoms with E-state index in [4.69, 9.17) is 0 Å². The molecule has 0 bridgehead atoms. The molecule has 0 radical (unpaired) electrons. The smallest absolute Gasteiger partial charge is 0.250 e. The fraction of sp³-hybridized carbons (Fsp3) is 0.381. The van der Waals surface area contributed by atoms with Gasteiger partial charge in [0.15, 0.2) is 0 Å². The Kier molecular flexibility index (Phi) is 5.33. The average Bonchev–Trinajstić information content (AvgIpc) is 3.04. The Morgan fingerprint density at radius 3 is 2.72 bits per heavy atom. The van der Waals surface area contributed by atoms with Crippen LogP contribution in [0.3, 0.4) is 0 Å². The molecule has 4 rings (SSSR count). The highest BCUT2D eigenvalue weighted by atomic mass is 19.3. The molecule has 2 aromatic heterocycles. The van der Waals surface area contributed by atoms with Gasteiger partial charge < -0.3 is 14.8 Å². The number of aliphatic hydroxyl groups is 2. The van der Waals surface area contributed by atoms with Crippen molar-refractivity contribution in [3.05, 3.63) is 65.7 Å². The Balaban J connectivity index is 1.58. The van der Waals surface area contributed by atoms with Crippen LogP contribution in [0.5, 0.6) is 0 Å². The summed E-state index contributed by atoms with van der Waals surface area (Å²) in [5.74, 6) is -3.19. The van der Waals surface area contributed by atoms with Gasteiger partial charge in [0.05, 0.1) is 17.1 Å². The second kappa shape index (κ2) is 7.78.